The zero-order chi connectivity index (χ0) is 18.0. The van der Waals surface area contributed by atoms with Crippen LogP contribution in [0.25, 0.3) is 0 Å². The van der Waals surface area contributed by atoms with Crippen molar-refractivity contribution in [3.63, 3.8) is 0 Å². The van der Waals surface area contributed by atoms with Crippen LogP contribution in [0.4, 0.5) is 0 Å². The molecule has 0 amide bonds. The Balaban J connectivity index is 1.72. The monoisotopic (exact) mass is 413 g/mol. The minimum Gasteiger partial charge on any atom is -0.382 e. The lowest BCUT2D eigenvalue weighted by atomic mass is 10.2. The van der Waals surface area contributed by atoms with E-state index in [2.05, 4.69) is 4.72 Å². The van der Waals surface area contributed by atoms with Crippen molar-refractivity contribution in [2.45, 2.75) is 24.5 Å². The second kappa shape index (κ2) is 7.57. The Morgan fingerprint density at radius 1 is 1.20 bits per heavy atom. The molecule has 0 saturated heterocycles. The molecule has 3 rings (SSSR count). The number of rotatable bonds is 6. The van der Waals surface area contributed by atoms with Crippen molar-refractivity contribution in [3.05, 3.63) is 73.1 Å². The first-order chi connectivity index (χ1) is 11.9. The summed E-state index contributed by atoms with van der Waals surface area (Å²) in [5.41, 5.74) is 0.636. The van der Waals surface area contributed by atoms with E-state index in [1.54, 1.807) is 19.1 Å². The fraction of sp³-hybridized carbons (Fsp3) is 0.176. The van der Waals surface area contributed by atoms with E-state index in [4.69, 9.17) is 11.6 Å². The fourth-order valence-electron chi connectivity index (χ4n) is 2.33. The minimum atomic E-state index is -3.65. The lowest BCUT2D eigenvalue weighted by Gasteiger charge is -2.09. The number of aliphatic hydroxyl groups is 1. The van der Waals surface area contributed by atoms with E-state index in [9.17, 15) is 13.5 Å². The van der Waals surface area contributed by atoms with Crippen LogP contribution in [0.15, 0.2) is 52.7 Å². The number of hydrogen-bond donors (Lipinski definition) is 2. The molecular formula is C17H16ClNO3S3. The lowest BCUT2D eigenvalue weighted by molar-refractivity contribution is 0.228. The van der Waals surface area contributed by atoms with E-state index < -0.39 is 16.1 Å². The Hall–Kier alpha value is -1.22. The second-order valence-corrected chi connectivity index (χ2v) is 9.81. The van der Waals surface area contributed by atoms with Crippen LogP contribution in [0.3, 0.4) is 0 Å². The van der Waals surface area contributed by atoms with Crippen molar-refractivity contribution in [3.8, 4) is 0 Å². The van der Waals surface area contributed by atoms with Gasteiger partial charge in [0.1, 0.15) is 6.10 Å². The van der Waals surface area contributed by atoms with Crippen LogP contribution in [0.5, 0.6) is 0 Å². The van der Waals surface area contributed by atoms with Crippen molar-refractivity contribution in [1.82, 2.24) is 4.72 Å². The highest BCUT2D eigenvalue weighted by Crippen LogP contribution is 2.31. The average molecular weight is 414 g/mol. The van der Waals surface area contributed by atoms with Crippen LogP contribution in [0.1, 0.15) is 26.3 Å². The molecule has 25 heavy (non-hydrogen) atoms. The van der Waals surface area contributed by atoms with Gasteiger partial charge in [-0.25, -0.2) is 13.1 Å². The molecule has 1 atom stereocenters. The normalized spacial score (nSPS) is 13.1. The Bertz CT molecular complexity index is 965. The van der Waals surface area contributed by atoms with Crippen molar-refractivity contribution < 1.29 is 13.5 Å². The summed E-state index contributed by atoms with van der Waals surface area (Å²) in [5.74, 6) is 0. The third kappa shape index (κ3) is 4.31. The van der Waals surface area contributed by atoms with E-state index in [1.807, 2.05) is 29.6 Å². The number of aryl methyl sites for hydroxylation is 1. The van der Waals surface area contributed by atoms with Gasteiger partial charge in [-0.05, 0) is 48.2 Å². The third-order valence-electron chi connectivity index (χ3n) is 3.64. The maximum Gasteiger partial charge on any atom is 0.241 e. The van der Waals surface area contributed by atoms with E-state index in [1.165, 1.54) is 28.7 Å². The van der Waals surface area contributed by atoms with Gasteiger partial charge >= 0.3 is 0 Å². The first-order valence-corrected chi connectivity index (χ1v) is 11.0. The van der Waals surface area contributed by atoms with Gasteiger partial charge in [0.2, 0.25) is 10.0 Å². The molecule has 0 aliphatic heterocycles. The van der Waals surface area contributed by atoms with Gasteiger partial charge in [-0.2, -0.15) is 0 Å². The fourth-order valence-corrected chi connectivity index (χ4v) is 5.69. The molecule has 3 aromatic rings. The second-order valence-electron chi connectivity index (χ2n) is 5.46. The molecule has 0 saturated carbocycles. The standard InChI is InChI=1S/C17H16ClNO3S3/c1-11-4-5-12(18)9-16(11)25(21,22)19-10-13-6-7-15(24-13)17(20)14-3-2-8-23-14/h2-9,17,19-20H,10H2,1H3. The smallest absolute Gasteiger partial charge is 0.241 e. The largest absolute Gasteiger partial charge is 0.382 e. The molecule has 1 unspecified atom stereocenters. The lowest BCUT2D eigenvalue weighted by Crippen LogP contribution is -2.23. The molecule has 0 bridgehead atoms. The first-order valence-electron chi connectivity index (χ1n) is 7.43. The SMILES string of the molecule is Cc1ccc(Cl)cc1S(=O)(=O)NCc1ccc(C(O)c2cccs2)s1. The van der Waals surface area contributed by atoms with Crippen molar-refractivity contribution in [1.29, 1.82) is 0 Å². The Labute approximate surface area is 159 Å². The molecule has 1 aromatic carbocycles. The van der Waals surface area contributed by atoms with Gasteiger partial charge in [-0.15, -0.1) is 22.7 Å². The zero-order valence-electron chi connectivity index (χ0n) is 13.3. The van der Waals surface area contributed by atoms with Crippen LogP contribution < -0.4 is 4.72 Å². The van der Waals surface area contributed by atoms with Crippen LogP contribution >= 0.6 is 34.3 Å². The van der Waals surface area contributed by atoms with Crippen LogP contribution in [0, 0.1) is 6.92 Å². The molecule has 0 aliphatic rings. The number of aliphatic hydroxyl groups excluding tert-OH is 1. The van der Waals surface area contributed by atoms with Gasteiger partial charge in [0.05, 0.1) is 4.90 Å². The summed E-state index contributed by atoms with van der Waals surface area (Å²) < 4.78 is 27.6. The van der Waals surface area contributed by atoms with Gasteiger partial charge in [-0.3, -0.25) is 0 Å². The number of benzene rings is 1. The van der Waals surface area contributed by atoms with Gasteiger partial charge in [0.25, 0.3) is 0 Å². The summed E-state index contributed by atoms with van der Waals surface area (Å²) in [6.07, 6.45) is -0.675. The van der Waals surface area contributed by atoms with Gasteiger partial charge < -0.3 is 5.11 Å². The summed E-state index contributed by atoms with van der Waals surface area (Å²) in [5, 5.41) is 12.6. The maximum atomic E-state index is 12.5. The van der Waals surface area contributed by atoms with Gasteiger partial charge in [0.15, 0.2) is 0 Å². The van der Waals surface area contributed by atoms with E-state index in [0.717, 1.165) is 14.6 Å². The number of hydrogen-bond acceptors (Lipinski definition) is 5. The van der Waals surface area contributed by atoms with Crippen LogP contribution in [0.2, 0.25) is 5.02 Å². The molecule has 8 heteroatoms. The maximum absolute atomic E-state index is 12.5. The van der Waals surface area contributed by atoms with Crippen molar-refractivity contribution in [2.24, 2.45) is 0 Å². The van der Waals surface area contributed by atoms with E-state index >= 15 is 0 Å². The summed E-state index contributed by atoms with van der Waals surface area (Å²) in [7, 11) is -3.65. The predicted octanol–water partition coefficient (Wildman–Crippen LogP) is 4.33. The molecular weight excluding hydrogens is 398 g/mol. The highest BCUT2D eigenvalue weighted by molar-refractivity contribution is 7.89. The summed E-state index contributed by atoms with van der Waals surface area (Å²) in [4.78, 5) is 2.66. The van der Waals surface area contributed by atoms with Gasteiger partial charge in [-0.1, -0.05) is 23.7 Å². The Kier molecular flexibility index (Phi) is 5.62. The van der Waals surface area contributed by atoms with Crippen LogP contribution in [-0.2, 0) is 16.6 Å². The van der Waals surface area contributed by atoms with Crippen molar-refractivity contribution >= 4 is 44.3 Å². The predicted molar refractivity (Wildman–Crippen MR) is 103 cm³/mol. The highest BCUT2D eigenvalue weighted by atomic mass is 35.5. The molecule has 2 N–H and O–H groups in total. The molecule has 0 aliphatic carbocycles. The summed E-state index contributed by atoms with van der Waals surface area (Å²) >= 11 is 8.78. The molecule has 2 aromatic heterocycles. The molecule has 0 spiro atoms. The molecule has 0 radical (unpaired) electrons. The van der Waals surface area contributed by atoms with Crippen LogP contribution in [-0.4, -0.2) is 13.5 Å². The third-order valence-corrected chi connectivity index (χ3v) is 7.48. The quantitative estimate of drug-likeness (QED) is 0.632. The van der Waals surface area contributed by atoms with E-state index in [0.29, 0.717) is 10.6 Å². The highest BCUT2D eigenvalue weighted by Gasteiger charge is 2.18. The number of thiophene rings is 2. The van der Waals surface area contributed by atoms with Gasteiger partial charge in [0, 0.05) is 26.2 Å². The molecule has 4 nitrogen and oxygen atoms in total. The Morgan fingerprint density at radius 2 is 2.00 bits per heavy atom. The number of nitrogens with one attached hydrogen (secondary N) is 1. The first kappa shape index (κ1) is 18.6. The molecule has 2 heterocycles. The minimum absolute atomic E-state index is 0.163. The van der Waals surface area contributed by atoms with E-state index in [-0.39, 0.29) is 11.4 Å². The summed E-state index contributed by atoms with van der Waals surface area (Å²) in [6.45, 7) is 1.89. The summed E-state index contributed by atoms with van der Waals surface area (Å²) in [6, 6.07) is 12.2. The zero-order valence-corrected chi connectivity index (χ0v) is 16.5. The Morgan fingerprint density at radius 3 is 2.72 bits per heavy atom. The molecule has 0 fully saturated rings. The molecule has 132 valence electrons. The number of sulfonamides is 1. The average Bonchev–Trinajstić information content (AvgIpc) is 3.26. The number of halogens is 1. The van der Waals surface area contributed by atoms with Crippen molar-refractivity contribution in [2.75, 3.05) is 0 Å². The topological polar surface area (TPSA) is 66.4 Å².